The fourth-order valence-electron chi connectivity index (χ4n) is 0.982. The van der Waals surface area contributed by atoms with E-state index in [-0.39, 0.29) is 5.41 Å². The van der Waals surface area contributed by atoms with E-state index in [0.717, 1.165) is 11.6 Å². The number of nitrogens with zero attached hydrogens (tertiary/aromatic N) is 3. The van der Waals surface area contributed by atoms with E-state index in [2.05, 4.69) is 30.7 Å². The van der Waals surface area contributed by atoms with Gasteiger partial charge in [-0.2, -0.15) is 0 Å². The summed E-state index contributed by atoms with van der Waals surface area (Å²) in [6.45, 7) is 6.44. The van der Waals surface area contributed by atoms with Gasteiger partial charge in [0.1, 0.15) is 0 Å². The molecule has 0 saturated heterocycles. The third-order valence-corrected chi connectivity index (χ3v) is 1.81. The highest BCUT2D eigenvalue weighted by Gasteiger charge is 2.16. The Morgan fingerprint density at radius 3 is 2.31 bits per heavy atom. The van der Waals surface area contributed by atoms with Crippen LogP contribution in [0.3, 0.4) is 0 Å². The second-order valence-corrected chi connectivity index (χ2v) is 4.39. The standard InChI is InChI=1S/C10H17N3/c1-10(2,3)8-6-7-11-9(12-8)13(4)5/h6-7H,1-5H3. The Morgan fingerprint density at radius 1 is 1.23 bits per heavy atom. The van der Waals surface area contributed by atoms with E-state index in [1.807, 2.05) is 31.3 Å². The van der Waals surface area contributed by atoms with Crippen LogP contribution in [0.1, 0.15) is 26.5 Å². The lowest BCUT2D eigenvalue weighted by Gasteiger charge is -2.19. The molecule has 13 heavy (non-hydrogen) atoms. The number of hydrogen-bond acceptors (Lipinski definition) is 3. The van der Waals surface area contributed by atoms with Gasteiger partial charge in [0.25, 0.3) is 0 Å². The van der Waals surface area contributed by atoms with Crippen LogP contribution in [-0.2, 0) is 5.41 Å². The Balaban J connectivity index is 3.06. The highest BCUT2D eigenvalue weighted by molar-refractivity contribution is 5.29. The first-order valence-corrected chi connectivity index (χ1v) is 4.42. The molecule has 0 radical (unpaired) electrons. The molecule has 0 aliphatic rings. The van der Waals surface area contributed by atoms with Crippen molar-refractivity contribution in [1.82, 2.24) is 9.97 Å². The molecule has 0 saturated carbocycles. The van der Waals surface area contributed by atoms with Crippen molar-refractivity contribution in [1.29, 1.82) is 0 Å². The zero-order valence-corrected chi connectivity index (χ0v) is 9.00. The molecule has 0 atom stereocenters. The predicted molar refractivity (Wildman–Crippen MR) is 55.1 cm³/mol. The minimum Gasteiger partial charge on any atom is -0.347 e. The lowest BCUT2D eigenvalue weighted by molar-refractivity contribution is 0.566. The molecule has 0 aromatic carbocycles. The van der Waals surface area contributed by atoms with Crippen molar-refractivity contribution in [3.8, 4) is 0 Å². The summed E-state index contributed by atoms with van der Waals surface area (Å²) in [5.41, 5.74) is 1.17. The molecule has 3 nitrogen and oxygen atoms in total. The molecule has 1 rings (SSSR count). The van der Waals surface area contributed by atoms with Crippen molar-refractivity contribution < 1.29 is 0 Å². The van der Waals surface area contributed by atoms with Crippen LogP contribution in [0.4, 0.5) is 5.95 Å². The molecular formula is C10H17N3. The van der Waals surface area contributed by atoms with E-state index in [0.29, 0.717) is 0 Å². The fourth-order valence-corrected chi connectivity index (χ4v) is 0.982. The zero-order valence-electron chi connectivity index (χ0n) is 9.00. The Bertz CT molecular complexity index is 286. The van der Waals surface area contributed by atoms with Crippen LogP contribution >= 0.6 is 0 Å². The van der Waals surface area contributed by atoms with Crippen LogP contribution in [0, 0.1) is 0 Å². The molecule has 0 fully saturated rings. The molecular weight excluding hydrogens is 162 g/mol. The number of aromatic nitrogens is 2. The van der Waals surface area contributed by atoms with Crippen LogP contribution in [0.15, 0.2) is 12.3 Å². The molecule has 1 aromatic heterocycles. The molecule has 1 aromatic rings. The molecule has 0 amide bonds. The Morgan fingerprint density at radius 2 is 1.85 bits per heavy atom. The van der Waals surface area contributed by atoms with Gasteiger partial charge in [0, 0.05) is 25.7 Å². The van der Waals surface area contributed by atoms with Gasteiger partial charge in [0.2, 0.25) is 5.95 Å². The topological polar surface area (TPSA) is 29.0 Å². The van der Waals surface area contributed by atoms with Crippen molar-refractivity contribution in [2.45, 2.75) is 26.2 Å². The van der Waals surface area contributed by atoms with Crippen LogP contribution in [-0.4, -0.2) is 24.1 Å². The van der Waals surface area contributed by atoms with E-state index in [1.54, 1.807) is 0 Å². The number of anilines is 1. The van der Waals surface area contributed by atoms with Gasteiger partial charge < -0.3 is 4.90 Å². The van der Waals surface area contributed by atoms with Crippen LogP contribution < -0.4 is 4.90 Å². The molecule has 0 aliphatic heterocycles. The largest absolute Gasteiger partial charge is 0.347 e. The molecule has 0 bridgehead atoms. The molecule has 3 heteroatoms. The maximum absolute atomic E-state index is 4.46. The SMILES string of the molecule is CN(C)c1nccc(C(C)(C)C)n1. The molecule has 0 spiro atoms. The van der Waals surface area contributed by atoms with Crippen LogP contribution in [0.5, 0.6) is 0 Å². The van der Waals surface area contributed by atoms with E-state index < -0.39 is 0 Å². The summed E-state index contributed by atoms with van der Waals surface area (Å²) in [7, 11) is 3.89. The van der Waals surface area contributed by atoms with Gasteiger partial charge in [-0.15, -0.1) is 0 Å². The summed E-state index contributed by atoms with van der Waals surface area (Å²) in [5, 5.41) is 0. The molecule has 0 N–H and O–H groups in total. The maximum atomic E-state index is 4.46. The van der Waals surface area contributed by atoms with Crippen molar-refractivity contribution >= 4 is 5.95 Å². The third kappa shape index (κ3) is 2.41. The van der Waals surface area contributed by atoms with Gasteiger partial charge in [-0.25, -0.2) is 9.97 Å². The minimum atomic E-state index is 0.0910. The van der Waals surface area contributed by atoms with E-state index >= 15 is 0 Å². The highest BCUT2D eigenvalue weighted by atomic mass is 15.2. The first-order valence-electron chi connectivity index (χ1n) is 4.42. The average Bonchev–Trinajstić information content (AvgIpc) is 2.03. The summed E-state index contributed by atoms with van der Waals surface area (Å²) in [5.74, 6) is 0.771. The lowest BCUT2D eigenvalue weighted by atomic mass is 9.92. The lowest BCUT2D eigenvalue weighted by Crippen LogP contribution is -2.18. The van der Waals surface area contributed by atoms with Crippen molar-refractivity contribution in [3.63, 3.8) is 0 Å². The second-order valence-electron chi connectivity index (χ2n) is 4.39. The first-order chi connectivity index (χ1) is 5.91. The minimum absolute atomic E-state index is 0.0910. The molecule has 0 aliphatic carbocycles. The predicted octanol–water partition coefficient (Wildman–Crippen LogP) is 1.84. The monoisotopic (exact) mass is 179 g/mol. The fraction of sp³-hybridized carbons (Fsp3) is 0.600. The van der Waals surface area contributed by atoms with Crippen molar-refractivity contribution in [2.75, 3.05) is 19.0 Å². The normalized spacial score (nSPS) is 11.5. The smallest absolute Gasteiger partial charge is 0.225 e. The highest BCUT2D eigenvalue weighted by Crippen LogP contribution is 2.20. The van der Waals surface area contributed by atoms with E-state index in [9.17, 15) is 0 Å². The van der Waals surface area contributed by atoms with Gasteiger partial charge in [-0.3, -0.25) is 0 Å². The van der Waals surface area contributed by atoms with E-state index in [1.165, 1.54) is 0 Å². The summed E-state index contributed by atoms with van der Waals surface area (Å²) in [6, 6.07) is 1.97. The van der Waals surface area contributed by atoms with Crippen molar-refractivity contribution in [3.05, 3.63) is 18.0 Å². The number of rotatable bonds is 1. The maximum Gasteiger partial charge on any atom is 0.225 e. The van der Waals surface area contributed by atoms with Crippen LogP contribution in [0.25, 0.3) is 0 Å². The van der Waals surface area contributed by atoms with Crippen molar-refractivity contribution in [2.24, 2.45) is 0 Å². The van der Waals surface area contributed by atoms with Gasteiger partial charge in [-0.1, -0.05) is 20.8 Å². The van der Waals surface area contributed by atoms with E-state index in [4.69, 9.17) is 0 Å². The summed E-state index contributed by atoms with van der Waals surface area (Å²) >= 11 is 0. The summed E-state index contributed by atoms with van der Waals surface area (Å²) in [6.07, 6.45) is 1.81. The molecule has 1 heterocycles. The summed E-state index contributed by atoms with van der Waals surface area (Å²) in [4.78, 5) is 10.5. The third-order valence-electron chi connectivity index (χ3n) is 1.81. The second kappa shape index (κ2) is 3.32. The zero-order chi connectivity index (χ0) is 10.1. The average molecular weight is 179 g/mol. The van der Waals surface area contributed by atoms with Crippen LogP contribution in [0.2, 0.25) is 0 Å². The Kier molecular flexibility index (Phi) is 2.55. The molecule has 0 unspecified atom stereocenters. The number of hydrogen-bond donors (Lipinski definition) is 0. The van der Waals surface area contributed by atoms with Gasteiger partial charge >= 0.3 is 0 Å². The summed E-state index contributed by atoms with van der Waals surface area (Å²) < 4.78 is 0. The Labute approximate surface area is 79.8 Å². The molecule has 72 valence electrons. The quantitative estimate of drug-likeness (QED) is 0.658. The Hall–Kier alpha value is -1.12. The van der Waals surface area contributed by atoms with Gasteiger partial charge in [-0.05, 0) is 6.07 Å². The van der Waals surface area contributed by atoms with Gasteiger partial charge in [0.15, 0.2) is 0 Å². The van der Waals surface area contributed by atoms with Gasteiger partial charge in [0.05, 0.1) is 5.69 Å². The first kappa shape index (κ1) is 9.96.